The van der Waals surface area contributed by atoms with Gasteiger partial charge in [-0.1, -0.05) is 62.4 Å². The molecule has 5 rings (SSSR count). The zero-order chi connectivity index (χ0) is 24.8. The van der Waals surface area contributed by atoms with E-state index in [9.17, 15) is 4.79 Å². The van der Waals surface area contributed by atoms with Gasteiger partial charge in [0.1, 0.15) is 11.4 Å². The van der Waals surface area contributed by atoms with Crippen LogP contribution in [-0.4, -0.2) is 15.7 Å². The van der Waals surface area contributed by atoms with Gasteiger partial charge >= 0.3 is 0 Å². The standard InChI is InChI=1S/C29H34N4OS/c1-6-29(7-2,22-18-35-24-16-12-11-15-21(22)24)31-27(34)25-19(3)32-33-26(25)30-23(17-28(33,4)5)20-13-9-8-10-14-20/h8-16,18,23,30H,6-7,17H2,1-5H3,(H,31,34)/t23-/m1/s1. The van der Waals surface area contributed by atoms with Gasteiger partial charge in [0, 0.05) is 4.70 Å². The van der Waals surface area contributed by atoms with Crippen LogP contribution in [0.5, 0.6) is 0 Å². The maximum atomic E-state index is 14.0. The number of carbonyl (C=O) groups is 1. The first-order chi connectivity index (χ1) is 16.8. The molecular formula is C29H34N4OS. The quantitative estimate of drug-likeness (QED) is 0.304. The van der Waals surface area contributed by atoms with E-state index in [0.717, 1.165) is 30.8 Å². The highest BCUT2D eigenvalue weighted by molar-refractivity contribution is 7.17. The van der Waals surface area contributed by atoms with Crippen molar-refractivity contribution >= 4 is 33.1 Å². The van der Waals surface area contributed by atoms with Gasteiger partial charge in [-0.25, -0.2) is 4.68 Å². The molecule has 2 N–H and O–H groups in total. The van der Waals surface area contributed by atoms with E-state index in [0.29, 0.717) is 5.56 Å². The van der Waals surface area contributed by atoms with Crippen molar-refractivity contribution in [2.75, 3.05) is 5.32 Å². The Morgan fingerprint density at radius 1 is 1.14 bits per heavy atom. The summed E-state index contributed by atoms with van der Waals surface area (Å²) < 4.78 is 3.26. The molecule has 0 radical (unpaired) electrons. The lowest BCUT2D eigenvalue weighted by molar-refractivity contribution is 0.0890. The SMILES string of the molecule is CCC(CC)(NC(=O)c1c(C)nn2c1N[C@@H](c1ccccc1)CC2(C)C)c1csc2ccccc12. The molecule has 3 heterocycles. The smallest absolute Gasteiger partial charge is 0.257 e. The van der Waals surface area contributed by atoms with Crippen molar-refractivity contribution in [2.45, 2.75) is 71.0 Å². The van der Waals surface area contributed by atoms with Gasteiger partial charge in [0.25, 0.3) is 5.91 Å². The van der Waals surface area contributed by atoms with Gasteiger partial charge in [0.05, 0.1) is 22.8 Å². The average molecular weight is 487 g/mol. The van der Waals surface area contributed by atoms with Crippen molar-refractivity contribution in [3.05, 3.63) is 82.4 Å². The Balaban J connectivity index is 1.55. The number of aromatic nitrogens is 2. The van der Waals surface area contributed by atoms with Gasteiger partial charge in [-0.2, -0.15) is 5.10 Å². The van der Waals surface area contributed by atoms with Gasteiger partial charge in [-0.15, -0.1) is 11.3 Å². The first-order valence-corrected chi connectivity index (χ1v) is 13.4. The Labute approximate surface area is 211 Å². The number of hydrogen-bond acceptors (Lipinski definition) is 4. The van der Waals surface area contributed by atoms with E-state index < -0.39 is 5.54 Å². The Bertz CT molecular complexity index is 1360. The molecule has 1 aliphatic heterocycles. The van der Waals surface area contributed by atoms with Crippen molar-refractivity contribution in [2.24, 2.45) is 0 Å². The topological polar surface area (TPSA) is 59.0 Å². The number of nitrogens with one attached hydrogen (secondary N) is 2. The molecule has 2 aromatic carbocycles. The lowest BCUT2D eigenvalue weighted by Gasteiger charge is -2.38. The normalized spacial score (nSPS) is 17.1. The molecule has 0 aliphatic carbocycles. The van der Waals surface area contributed by atoms with Crippen LogP contribution >= 0.6 is 11.3 Å². The van der Waals surface area contributed by atoms with Crippen LogP contribution in [0.1, 0.15) is 80.2 Å². The van der Waals surface area contributed by atoms with Gasteiger partial charge < -0.3 is 10.6 Å². The molecular weight excluding hydrogens is 452 g/mol. The molecule has 0 bridgehead atoms. The summed E-state index contributed by atoms with van der Waals surface area (Å²) in [6.07, 6.45) is 2.51. The average Bonchev–Trinajstić information content (AvgIpc) is 3.44. The molecule has 4 aromatic rings. The van der Waals surface area contributed by atoms with Crippen LogP contribution in [0.3, 0.4) is 0 Å². The van der Waals surface area contributed by atoms with E-state index in [1.54, 1.807) is 11.3 Å². The van der Waals surface area contributed by atoms with E-state index in [2.05, 4.69) is 92.2 Å². The van der Waals surface area contributed by atoms with Gasteiger partial charge in [0.15, 0.2) is 0 Å². The van der Waals surface area contributed by atoms with Gasteiger partial charge in [0.2, 0.25) is 0 Å². The number of nitrogens with zero attached hydrogens (tertiary/aromatic N) is 2. The minimum atomic E-state index is -0.443. The first-order valence-electron chi connectivity index (χ1n) is 12.5. The number of anilines is 1. The third-order valence-corrected chi connectivity index (χ3v) is 8.60. The highest BCUT2D eigenvalue weighted by Crippen LogP contribution is 2.42. The zero-order valence-electron chi connectivity index (χ0n) is 21.2. The molecule has 0 fully saturated rings. The number of carbonyl (C=O) groups excluding carboxylic acids is 1. The minimum absolute atomic E-state index is 0.0697. The Morgan fingerprint density at radius 2 is 1.83 bits per heavy atom. The molecule has 6 heteroatoms. The summed E-state index contributed by atoms with van der Waals surface area (Å²) in [6, 6.07) is 19.0. The number of fused-ring (bicyclic) bond motifs is 2. The number of benzene rings is 2. The molecule has 2 aromatic heterocycles. The fourth-order valence-corrected chi connectivity index (χ4v) is 6.62. The molecule has 1 aliphatic rings. The summed E-state index contributed by atoms with van der Waals surface area (Å²) in [6.45, 7) is 10.6. The summed E-state index contributed by atoms with van der Waals surface area (Å²) in [5, 5.41) is 15.4. The Hall–Kier alpha value is -3.12. The van der Waals surface area contributed by atoms with Crippen LogP contribution in [0, 0.1) is 6.92 Å². The second kappa shape index (κ2) is 8.83. The van der Waals surface area contributed by atoms with Crippen LogP contribution in [0.25, 0.3) is 10.1 Å². The first kappa shape index (κ1) is 23.6. The summed E-state index contributed by atoms with van der Waals surface area (Å²) >= 11 is 1.74. The summed E-state index contributed by atoms with van der Waals surface area (Å²) in [4.78, 5) is 14.0. The number of amides is 1. The number of hydrogen-bond donors (Lipinski definition) is 2. The minimum Gasteiger partial charge on any atom is -0.363 e. The summed E-state index contributed by atoms with van der Waals surface area (Å²) in [5.41, 5.74) is 3.15. The summed E-state index contributed by atoms with van der Waals surface area (Å²) in [5.74, 6) is 0.737. The third kappa shape index (κ3) is 3.94. The van der Waals surface area contributed by atoms with Crippen molar-refractivity contribution in [3.8, 4) is 0 Å². The Kier molecular flexibility index (Phi) is 5.96. The lowest BCUT2D eigenvalue weighted by atomic mass is 9.84. The second-order valence-electron chi connectivity index (χ2n) is 10.2. The predicted octanol–water partition coefficient (Wildman–Crippen LogP) is 7.14. The van der Waals surface area contributed by atoms with E-state index in [1.165, 1.54) is 21.2 Å². The maximum absolute atomic E-state index is 14.0. The molecule has 0 saturated heterocycles. The van der Waals surface area contributed by atoms with Crippen molar-refractivity contribution in [1.82, 2.24) is 15.1 Å². The molecule has 1 atom stereocenters. The molecule has 0 saturated carbocycles. The van der Waals surface area contributed by atoms with Crippen LogP contribution in [0.4, 0.5) is 5.82 Å². The van der Waals surface area contributed by atoms with Gasteiger partial charge in [-0.05, 0) is 68.0 Å². The third-order valence-electron chi connectivity index (χ3n) is 7.63. The molecule has 0 unspecified atom stereocenters. The van der Waals surface area contributed by atoms with E-state index in [1.807, 2.05) is 17.7 Å². The molecule has 0 spiro atoms. The van der Waals surface area contributed by atoms with Gasteiger partial charge in [-0.3, -0.25) is 4.79 Å². The number of rotatable bonds is 6. The molecule has 1 amide bonds. The fraction of sp³-hybridized carbons (Fsp3) is 0.379. The van der Waals surface area contributed by atoms with Crippen LogP contribution in [-0.2, 0) is 11.1 Å². The monoisotopic (exact) mass is 486 g/mol. The van der Waals surface area contributed by atoms with E-state index >= 15 is 0 Å². The lowest BCUT2D eigenvalue weighted by Crippen LogP contribution is -2.45. The van der Waals surface area contributed by atoms with E-state index in [4.69, 9.17) is 5.10 Å². The highest BCUT2D eigenvalue weighted by atomic mass is 32.1. The number of thiophene rings is 1. The van der Waals surface area contributed by atoms with Crippen molar-refractivity contribution < 1.29 is 4.79 Å². The molecule has 182 valence electrons. The largest absolute Gasteiger partial charge is 0.363 e. The zero-order valence-corrected chi connectivity index (χ0v) is 22.0. The second-order valence-corrected chi connectivity index (χ2v) is 11.1. The molecule has 35 heavy (non-hydrogen) atoms. The van der Waals surface area contributed by atoms with Crippen molar-refractivity contribution in [1.29, 1.82) is 0 Å². The van der Waals surface area contributed by atoms with Crippen LogP contribution in [0.15, 0.2) is 60.0 Å². The summed E-state index contributed by atoms with van der Waals surface area (Å²) in [7, 11) is 0. The maximum Gasteiger partial charge on any atom is 0.257 e. The Morgan fingerprint density at radius 3 is 2.54 bits per heavy atom. The highest BCUT2D eigenvalue weighted by Gasteiger charge is 2.40. The van der Waals surface area contributed by atoms with E-state index in [-0.39, 0.29) is 17.5 Å². The van der Waals surface area contributed by atoms with Crippen LogP contribution < -0.4 is 10.6 Å². The molecule has 5 nitrogen and oxygen atoms in total. The predicted molar refractivity (Wildman–Crippen MR) is 145 cm³/mol. The van der Waals surface area contributed by atoms with Crippen molar-refractivity contribution in [3.63, 3.8) is 0 Å². The number of aryl methyl sites for hydroxylation is 1. The fourth-order valence-electron chi connectivity index (χ4n) is 5.56. The van der Waals surface area contributed by atoms with Crippen LogP contribution in [0.2, 0.25) is 0 Å².